The van der Waals surface area contributed by atoms with Gasteiger partial charge in [0, 0.05) is 5.69 Å². The zero-order valence-corrected chi connectivity index (χ0v) is 12.0. The highest BCUT2D eigenvalue weighted by Gasteiger charge is 2.41. The van der Waals surface area contributed by atoms with E-state index in [-0.39, 0.29) is 5.82 Å². The van der Waals surface area contributed by atoms with Gasteiger partial charge in [-0.1, -0.05) is 12.1 Å². The highest BCUT2D eigenvalue weighted by Crippen LogP contribution is 2.36. The van der Waals surface area contributed by atoms with Crippen molar-refractivity contribution in [2.24, 2.45) is 10.7 Å². The van der Waals surface area contributed by atoms with Crippen molar-refractivity contribution >= 4 is 11.6 Å². The maximum atomic E-state index is 13.1. The van der Waals surface area contributed by atoms with Crippen LogP contribution in [-0.4, -0.2) is 17.5 Å². The molecule has 0 radical (unpaired) electrons. The Labute approximate surface area is 123 Å². The standard InChI is InChI=1S/C16H17FN4/c1-11-4-3-5-13(8-11)21-15(18)20-10-16(21,2)14-7-6-12(17)9-19-14/h3-9H,10H2,1-2H3,(H2,18,20). The first-order valence-corrected chi connectivity index (χ1v) is 6.79. The molecule has 0 bridgehead atoms. The molecule has 1 aliphatic heterocycles. The molecule has 0 saturated heterocycles. The van der Waals surface area contributed by atoms with Gasteiger partial charge in [0.05, 0.1) is 18.4 Å². The molecular weight excluding hydrogens is 267 g/mol. The first-order valence-electron chi connectivity index (χ1n) is 6.79. The van der Waals surface area contributed by atoms with E-state index in [1.54, 1.807) is 6.07 Å². The molecule has 5 heteroatoms. The summed E-state index contributed by atoms with van der Waals surface area (Å²) in [4.78, 5) is 10.5. The second kappa shape index (κ2) is 4.84. The van der Waals surface area contributed by atoms with E-state index in [2.05, 4.69) is 16.0 Å². The highest BCUT2D eigenvalue weighted by atomic mass is 19.1. The Balaban J connectivity index is 2.07. The first-order chi connectivity index (χ1) is 10.0. The van der Waals surface area contributed by atoms with E-state index in [0.29, 0.717) is 12.5 Å². The van der Waals surface area contributed by atoms with E-state index < -0.39 is 5.54 Å². The molecule has 108 valence electrons. The van der Waals surface area contributed by atoms with Gasteiger partial charge >= 0.3 is 0 Å². The number of rotatable bonds is 2. The molecular formula is C16H17FN4. The lowest BCUT2D eigenvalue weighted by molar-refractivity contribution is 0.510. The third kappa shape index (κ3) is 2.24. The molecule has 4 nitrogen and oxygen atoms in total. The molecule has 0 amide bonds. The minimum atomic E-state index is -0.508. The summed E-state index contributed by atoms with van der Waals surface area (Å²) in [5.74, 6) is 0.102. The Morgan fingerprint density at radius 2 is 2.10 bits per heavy atom. The van der Waals surface area contributed by atoms with Gasteiger partial charge in [-0.3, -0.25) is 14.9 Å². The molecule has 2 heterocycles. The summed E-state index contributed by atoms with van der Waals surface area (Å²) in [5.41, 5.74) is 8.42. The normalized spacial score (nSPS) is 21.5. The highest BCUT2D eigenvalue weighted by molar-refractivity contribution is 5.98. The molecule has 0 fully saturated rings. The summed E-state index contributed by atoms with van der Waals surface area (Å²) >= 11 is 0. The van der Waals surface area contributed by atoms with Gasteiger partial charge in [-0.2, -0.15) is 0 Å². The molecule has 1 unspecified atom stereocenters. The van der Waals surface area contributed by atoms with Crippen LogP contribution in [0.15, 0.2) is 47.6 Å². The number of nitrogens with zero attached hydrogens (tertiary/aromatic N) is 3. The molecule has 1 aromatic carbocycles. The predicted octanol–water partition coefficient (Wildman–Crippen LogP) is 2.58. The Morgan fingerprint density at radius 1 is 1.29 bits per heavy atom. The van der Waals surface area contributed by atoms with Crippen LogP contribution in [0.4, 0.5) is 10.1 Å². The molecule has 3 rings (SSSR count). The average molecular weight is 284 g/mol. The van der Waals surface area contributed by atoms with Gasteiger partial charge in [0.25, 0.3) is 0 Å². The predicted molar refractivity (Wildman–Crippen MR) is 81.7 cm³/mol. The third-order valence-electron chi connectivity index (χ3n) is 3.81. The Hall–Kier alpha value is -2.43. The number of anilines is 1. The van der Waals surface area contributed by atoms with Crippen LogP contribution in [0.2, 0.25) is 0 Å². The van der Waals surface area contributed by atoms with Crippen molar-refractivity contribution in [2.75, 3.05) is 11.4 Å². The lowest BCUT2D eigenvalue weighted by Gasteiger charge is -2.35. The van der Waals surface area contributed by atoms with Gasteiger partial charge in [-0.25, -0.2) is 4.39 Å². The van der Waals surface area contributed by atoms with Gasteiger partial charge in [0.2, 0.25) is 0 Å². The summed E-state index contributed by atoms with van der Waals surface area (Å²) in [6.45, 7) is 4.53. The zero-order valence-electron chi connectivity index (χ0n) is 12.0. The van der Waals surface area contributed by atoms with Crippen molar-refractivity contribution in [1.29, 1.82) is 0 Å². The number of hydrogen-bond donors (Lipinski definition) is 1. The summed E-state index contributed by atoms with van der Waals surface area (Å²) in [7, 11) is 0. The van der Waals surface area contributed by atoms with E-state index in [9.17, 15) is 4.39 Å². The molecule has 1 atom stereocenters. The van der Waals surface area contributed by atoms with Crippen LogP contribution in [0.25, 0.3) is 0 Å². The molecule has 2 aromatic rings. The van der Waals surface area contributed by atoms with E-state index >= 15 is 0 Å². The third-order valence-corrected chi connectivity index (χ3v) is 3.81. The fraction of sp³-hybridized carbons (Fsp3) is 0.250. The van der Waals surface area contributed by atoms with Crippen molar-refractivity contribution in [1.82, 2.24) is 4.98 Å². The van der Waals surface area contributed by atoms with E-state index in [1.807, 2.05) is 36.9 Å². The second-order valence-corrected chi connectivity index (χ2v) is 5.48. The van der Waals surface area contributed by atoms with Crippen molar-refractivity contribution in [3.05, 3.63) is 59.7 Å². The molecule has 0 saturated carbocycles. The first kappa shape index (κ1) is 13.5. The summed E-state index contributed by atoms with van der Waals surface area (Å²) in [5, 5.41) is 0. The smallest absolute Gasteiger partial charge is 0.196 e. The van der Waals surface area contributed by atoms with Crippen LogP contribution in [0, 0.1) is 12.7 Å². The molecule has 21 heavy (non-hydrogen) atoms. The number of nitrogens with two attached hydrogens (primary N) is 1. The number of aromatic nitrogens is 1. The van der Waals surface area contributed by atoms with E-state index in [0.717, 1.165) is 16.9 Å². The zero-order chi connectivity index (χ0) is 15.0. The van der Waals surface area contributed by atoms with E-state index in [4.69, 9.17) is 5.73 Å². The Kier molecular flexibility index (Phi) is 3.12. The summed E-state index contributed by atoms with van der Waals surface area (Å²) in [6.07, 6.45) is 1.23. The molecule has 1 aromatic heterocycles. The topological polar surface area (TPSA) is 54.5 Å². The van der Waals surface area contributed by atoms with Gasteiger partial charge in [0.1, 0.15) is 11.4 Å². The summed E-state index contributed by atoms with van der Waals surface area (Å²) in [6, 6.07) is 11.1. The minimum absolute atomic E-state index is 0.351. The largest absolute Gasteiger partial charge is 0.369 e. The SMILES string of the molecule is Cc1cccc(N2C(N)=NCC2(C)c2ccc(F)cn2)c1. The van der Waals surface area contributed by atoms with Crippen LogP contribution >= 0.6 is 0 Å². The van der Waals surface area contributed by atoms with Crippen LogP contribution < -0.4 is 10.6 Å². The summed E-state index contributed by atoms with van der Waals surface area (Å²) < 4.78 is 13.1. The number of pyridine rings is 1. The second-order valence-electron chi connectivity index (χ2n) is 5.48. The van der Waals surface area contributed by atoms with Crippen molar-refractivity contribution in [3.8, 4) is 0 Å². The minimum Gasteiger partial charge on any atom is -0.369 e. The van der Waals surface area contributed by atoms with Crippen LogP contribution in [0.5, 0.6) is 0 Å². The molecule has 0 aliphatic carbocycles. The van der Waals surface area contributed by atoms with Gasteiger partial charge in [0.15, 0.2) is 5.96 Å². The van der Waals surface area contributed by atoms with Crippen molar-refractivity contribution in [3.63, 3.8) is 0 Å². The number of aryl methyl sites for hydroxylation is 1. The lowest BCUT2D eigenvalue weighted by atomic mass is 9.95. The average Bonchev–Trinajstić information content (AvgIpc) is 2.76. The van der Waals surface area contributed by atoms with Gasteiger partial charge in [-0.05, 0) is 43.7 Å². The quantitative estimate of drug-likeness (QED) is 0.922. The fourth-order valence-corrected chi connectivity index (χ4v) is 2.70. The van der Waals surface area contributed by atoms with Crippen molar-refractivity contribution < 1.29 is 4.39 Å². The van der Waals surface area contributed by atoms with E-state index in [1.165, 1.54) is 12.3 Å². The maximum absolute atomic E-state index is 13.1. The number of aliphatic imine (C=N–C) groups is 1. The molecule has 1 aliphatic rings. The number of halogens is 1. The molecule has 0 spiro atoms. The molecule has 2 N–H and O–H groups in total. The monoisotopic (exact) mass is 284 g/mol. The lowest BCUT2D eigenvalue weighted by Crippen LogP contribution is -2.48. The number of guanidine groups is 1. The number of benzene rings is 1. The Morgan fingerprint density at radius 3 is 2.76 bits per heavy atom. The Bertz CT molecular complexity index is 696. The van der Waals surface area contributed by atoms with Crippen LogP contribution in [0.3, 0.4) is 0 Å². The van der Waals surface area contributed by atoms with Gasteiger partial charge in [-0.15, -0.1) is 0 Å². The fourth-order valence-electron chi connectivity index (χ4n) is 2.70. The van der Waals surface area contributed by atoms with Crippen molar-refractivity contribution in [2.45, 2.75) is 19.4 Å². The maximum Gasteiger partial charge on any atom is 0.196 e. The van der Waals surface area contributed by atoms with Crippen LogP contribution in [-0.2, 0) is 5.54 Å². The van der Waals surface area contributed by atoms with Gasteiger partial charge < -0.3 is 5.73 Å². The number of hydrogen-bond acceptors (Lipinski definition) is 4. The van der Waals surface area contributed by atoms with Crippen LogP contribution in [0.1, 0.15) is 18.2 Å².